The van der Waals surface area contributed by atoms with Crippen molar-refractivity contribution in [1.29, 1.82) is 0 Å². The summed E-state index contributed by atoms with van der Waals surface area (Å²) in [4.78, 5) is 90.7. The van der Waals surface area contributed by atoms with Crippen LogP contribution < -0.4 is 63.2 Å². The second kappa shape index (κ2) is 22.3. The third-order valence-electron chi connectivity index (χ3n) is 9.75. The van der Waals surface area contributed by atoms with E-state index in [4.69, 9.17) is 0 Å². The number of quaternary nitrogens is 3. The Labute approximate surface area is 325 Å². The van der Waals surface area contributed by atoms with Crippen LogP contribution in [-0.4, -0.2) is 87.6 Å². The van der Waals surface area contributed by atoms with Gasteiger partial charge in [0.1, 0.15) is 24.0 Å². The number of rotatable bonds is 25. The number of benzene rings is 2. The van der Waals surface area contributed by atoms with Crippen molar-refractivity contribution in [3.8, 4) is 0 Å². The number of aliphatic carboxylic acids is 2. The van der Waals surface area contributed by atoms with Gasteiger partial charge in [-0.05, 0) is 43.9 Å². The highest BCUT2D eigenvalue weighted by molar-refractivity contribution is 6.13. The molecule has 17 nitrogen and oxygen atoms in total. The van der Waals surface area contributed by atoms with Gasteiger partial charge in [-0.15, -0.1) is 0 Å². The lowest BCUT2D eigenvalue weighted by Crippen LogP contribution is -2.91. The van der Waals surface area contributed by atoms with Gasteiger partial charge in [0.05, 0.1) is 36.8 Å². The molecule has 3 amide bonds. The lowest BCUT2D eigenvalue weighted by Gasteiger charge is -2.21. The molecule has 306 valence electrons. The molecule has 1 aromatic heterocycles. The van der Waals surface area contributed by atoms with E-state index < -0.39 is 58.9 Å². The molecule has 0 aliphatic rings. The Bertz CT molecular complexity index is 1960. The summed E-state index contributed by atoms with van der Waals surface area (Å²) in [6.45, 7) is 3.31. The van der Waals surface area contributed by atoms with Gasteiger partial charge in [-0.1, -0.05) is 42.6 Å². The number of pyridine rings is 1. The third kappa shape index (κ3) is 13.2. The van der Waals surface area contributed by atoms with Gasteiger partial charge >= 0.3 is 11.1 Å². The maximum atomic E-state index is 13.7. The molecule has 3 aromatic rings. The zero-order chi connectivity index (χ0) is 41.4. The SMILES string of the molecule is CCCCCC[C@H]([NH3+])C[NH2+]CC[C@H]([NH3+])C(=O)N[C@H](CC=[n+]1c(=O)c2cccc3c(N(C)C)ccc(c1=O)c32)C(=O)NCC[C@@H](NC(=O)CCCC(=O)[O-])C(=O)[O-]. The van der Waals surface area contributed by atoms with Gasteiger partial charge in [-0.3, -0.25) is 14.4 Å². The van der Waals surface area contributed by atoms with Gasteiger partial charge in [0.2, 0.25) is 11.8 Å². The molecule has 56 heavy (non-hydrogen) atoms. The first-order valence-electron chi connectivity index (χ1n) is 19.4. The Hall–Kier alpha value is -5.26. The second-order valence-electron chi connectivity index (χ2n) is 14.5. The number of nitrogens with two attached hydrogens (primary N) is 1. The zero-order valence-corrected chi connectivity index (χ0v) is 32.7. The molecule has 0 fully saturated rings. The summed E-state index contributed by atoms with van der Waals surface area (Å²) in [5.74, 6) is -4.93. The molecule has 0 aliphatic heterocycles. The normalized spacial score (nSPS) is 13.9. The summed E-state index contributed by atoms with van der Waals surface area (Å²) in [7, 11) is 3.72. The molecule has 0 aliphatic carbocycles. The van der Waals surface area contributed by atoms with Crippen molar-refractivity contribution in [2.45, 2.75) is 102 Å². The number of unbranched alkanes of at least 4 members (excludes halogenated alkanes) is 3. The van der Waals surface area contributed by atoms with E-state index in [1.807, 2.05) is 25.1 Å². The Morgan fingerprint density at radius 2 is 1.54 bits per heavy atom. The van der Waals surface area contributed by atoms with Gasteiger partial charge in [-0.2, -0.15) is 0 Å². The van der Waals surface area contributed by atoms with Crippen molar-refractivity contribution in [1.82, 2.24) is 16.0 Å². The van der Waals surface area contributed by atoms with Crippen LogP contribution in [0, 0.1) is 6.21 Å². The molecular weight excluding hydrogens is 724 g/mol. The van der Waals surface area contributed by atoms with Crippen molar-refractivity contribution >= 4 is 56.9 Å². The summed E-state index contributed by atoms with van der Waals surface area (Å²) in [6.07, 6.45) is 6.11. The summed E-state index contributed by atoms with van der Waals surface area (Å²) in [5.41, 5.74) is 7.84. The van der Waals surface area contributed by atoms with Gasteiger partial charge in [0, 0.05) is 55.9 Å². The van der Waals surface area contributed by atoms with Crippen LogP contribution in [0.4, 0.5) is 5.69 Å². The minimum Gasteiger partial charge on any atom is -0.550 e. The molecule has 4 atom stereocenters. The molecule has 2 aromatic carbocycles. The molecule has 1 heterocycles. The average Bonchev–Trinajstić information content (AvgIpc) is 3.15. The topological polar surface area (TPSA) is 283 Å². The number of amides is 3. The van der Waals surface area contributed by atoms with Gasteiger partial charge in [0.15, 0.2) is 12.3 Å². The number of carbonyl (C=O) groups excluding carboxylic acids is 5. The highest BCUT2D eigenvalue weighted by Gasteiger charge is 2.28. The maximum absolute atomic E-state index is 13.7. The fourth-order valence-corrected chi connectivity index (χ4v) is 6.54. The minimum atomic E-state index is -1.61. The molecule has 3 rings (SSSR count). The molecule has 11 N–H and O–H groups in total. The monoisotopic (exact) mass is 782 g/mol. The molecule has 0 radical (unpaired) electrons. The van der Waals surface area contributed by atoms with E-state index in [0.717, 1.165) is 34.7 Å². The Morgan fingerprint density at radius 1 is 0.839 bits per heavy atom. The van der Waals surface area contributed by atoms with Crippen molar-refractivity contribution in [2.75, 3.05) is 38.6 Å². The van der Waals surface area contributed by atoms with Gasteiger partial charge in [-0.25, -0.2) is 9.59 Å². The number of aromatic nitrogens is 1. The Morgan fingerprint density at radius 3 is 2.20 bits per heavy atom. The number of carboxylic acids is 2. The fourth-order valence-electron chi connectivity index (χ4n) is 6.54. The summed E-state index contributed by atoms with van der Waals surface area (Å²) in [5, 5.41) is 33.8. The Balaban J connectivity index is 1.79. The first kappa shape index (κ1) is 45.1. The fraction of sp³-hybridized carbons (Fsp3) is 0.538. The number of hydrogen-bond acceptors (Lipinski definition) is 10. The first-order valence-corrected chi connectivity index (χ1v) is 19.4. The smallest absolute Gasteiger partial charge is 0.428 e. The quantitative estimate of drug-likeness (QED) is 0.0351. The van der Waals surface area contributed by atoms with E-state index in [1.54, 1.807) is 24.3 Å². The van der Waals surface area contributed by atoms with Gasteiger partial charge in [0.25, 0.3) is 5.91 Å². The molecular formula is C39H58N8O9+2. The predicted molar refractivity (Wildman–Crippen MR) is 203 cm³/mol. The van der Waals surface area contributed by atoms with E-state index >= 15 is 0 Å². The minimum absolute atomic E-state index is 0.0524. The van der Waals surface area contributed by atoms with Crippen LogP contribution in [0.3, 0.4) is 0 Å². The van der Waals surface area contributed by atoms with E-state index in [9.17, 15) is 43.8 Å². The van der Waals surface area contributed by atoms with Crippen LogP contribution in [0.2, 0.25) is 0 Å². The largest absolute Gasteiger partial charge is 0.550 e. The second-order valence-corrected chi connectivity index (χ2v) is 14.5. The highest BCUT2D eigenvalue weighted by atomic mass is 16.4. The highest BCUT2D eigenvalue weighted by Crippen LogP contribution is 2.30. The lowest BCUT2D eigenvalue weighted by atomic mass is 10.0. The molecule has 0 spiro atoms. The maximum Gasteiger partial charge on any atom is 0.428 e. The number of nitrogens with zero attached hydrogens (tertiary/aromatic N) is 2. The average molecular weight is 783 g/mol. The zero-order valence-electron chi connectivity index (χ0n) is 32.7. The molecule has 0 bridgehead atoms. The molecule has 0 saturated heterocycles. The van der Waals surface area contributed by atoms with Crippen molar-refractivity contribution in [2.24, 2.45) is 0 Å². The van der Waals surface area contributed by atoms with Crippen LogP contribution >= 0.6 is 0 Å². The van der Waals surface area contributed by atoms with Gasteiger partial charge < -0.3 is 57.4 Å². The van der Waals surface area contributed by atoms with Crippen molar-refractivity contribution in [3.63, 3.8) is 0 Å². The summed E-state index contributed by atoms with van der Waals surface area (Å²) < 4.78 is 0.926. The molecule has 17 heteroatoms. The van der Waals surface area contributed by atoms with Crippen molar-refractivity contribution in [3.05, 3.63) is 57.3 Å². The van der Waals surface area contributed by atoms with E-state index in [2.05, 4.69) is 39.7 Å². The standard InChI is InChI=1S/C39H56N8O9/c1-4-5-6-7-10-24(40)23-42-20-17-28(41)35(51)45-29(36(52)43-21-18-30(39(55)56)44-32(48)13-9-14-33(49)50)19-22-47-37(53)26-12-8-11-25-31(46(2)3)16-15-27(34(25)26)38(47)54/h8,11-12,15-16,22,24,28-30,42H,4-7,9-10,13-14,17-21,23,40-41H2,1-3H3,(H4-,43,44,45,48,49,50,51,52,55,56)/p+2/t24-,28-,29+,30+/m0/s1. The van der Waals surface area contributed by atoms with E-state index in [-0.39, 0.29) is 44.7 Å². The van der Waals surface area contributed by atoms with Crippen LogP contribution in [0.1, 0.15) is 77.6 Å². The summed E-state index contributed by atoms with van der Waals surface area (Å²) in [6, 6.07) is 5.36. The molecule has 0 unspecified atom stereocenters. The first-order chi connectivity index (χ1) is 26.7. The van der Waals surface area contributed by atoms with Crippen molar-refractivity contribution < 1.29 is 55.2 Å². The van der Waals surface area contributed by atoms with Crippen LogP contribution in [-0.2, 0) is 24.0 Å². The number of anilines is 1. The van der Waals surface area contributed by atoms with E-state index in [1.165, 1.54) is 25.5 Å². The lowest BCUT2D eigenvalue weighted by molar-refractivity contribution is -0.683. The number of carbonyl (C=O) groups is 5. The Kier molecular flexibility index (Phi) is 18.0. The molecule has 0 saturated carbocycles. The number of hydrogen-bond donors (Lipinski definition) is 6. The number of nitrogens with one attached hydrogen (secondary N) is 3. The van der Waals surface area contributed by atoms with Crippen LogP contribution in [0.25, 0.3) is 21.5 Å². The third-order valence-corrected chi connectivity index (χ3v) is 9.75. The summed E-state index contributed by atoms with van der Waals surface area (Å²) >= 11 is 0. The number of carboxylic acid groups (broad SMARTS) is 2. The van der Waals surface area contributed by atoms with E-state index in [0.29, 0.717) is 29.1 Å². The van der Waals surface area contributed by atoms with Crippen LogP contribution in [0.5, 0.6) is 0 Å². The van der Waals surface area contributed by atoms with Crippen LogP contribution in [0.15, 0.2) is 39.9 Å². The predicted octanol–water partition coefficient (Wildman–Crippen LogP) is -5.09.